The van der Waals surface area contributed by atoms with E-state index in [1.807, 2.05) is 0 Å². The quantitative estimate of drug-likeness (QED) is 0.774. The van der Waals surface area contributed by atoms with Crippen LogP contribution in [0.15, 0.2) is 18.2 Å². The normalized spacial score (nSPS) is 25.1. The Morgan fingerprint density at radius 3 is 2.90 bits per heavy atom. The highest BCUT2D eigenvalue weighted by molar-refractivity contribution is 6.30. The molecule has 110 valence electrons. The molecule has 3 N–H and O–H groups in total. The minimum absolute atomic E-state index is 0.0478. The zero-order valence-corrected chi connectivity index (χ0v) is 12.0. The molecule has 1 aliphatic rings. The number of halogens is 2. The van der Waals surface area contributed by atoms with Crippen LogP contribution in [0.2, 0.25) is 5.02 Å². The van der Waals surface area contributed by atoms with Crippen molar-refractivity contribution in [3.8, 4) is 0 Å². The summed E-state index contributed by atoms with van der Waals surface area (Å²) in [5, 5.41) is 15.3. The van der Waals surface area contributed by atoms with Crippen molar-refractivity contribution < 1.29 is 14.3 Å². The van der Waals surface area contributed by atoms with Gasteiger partial charge >= 0.3 is 0 Å². The molecule has 1 amide bonds. The molecule has 0 saturated heterocycles. The predicted octanol–water partition coefficient (Wildman–Crippen LogP) is 1.60. The highest BCUT2D eigenvalue weighted by atomic mass is 35.5. The summed E-state index contributed by atoms with van der Waals surface area (Å²) in [5.41, 5.74) is -0.254. The number of benzene rings is 1. The van der Waals surface area contributed by atoms with E-state index in [0.717, 1.165) is 0 Å². The molecule has 0 unspecified atom stereocenters. The second kappa shape index (κ2) is 6.08. The maximum Gasteiger partial charge on any atom is 0.234 e. The van der Waals surface area contributed by atoms with Crippen molar-refractivity contribution in [3.63, 3.8) is 0 Å². The summed E-state index contributed by atoms with van der Waals surface area (Å²) < 4.78 is 13.6. The average molecular weight is 301 g/mol. The molecule has 2 rings (SSSR count). The predicted molar refractivity (Wildman–Crippen MR) is 74.9 cm³/mol. The van der Waals surface area contributed by atoms with Gasteiger partial charge in [0.1, 0.15) is 5.82 Å². The lowest BCUT2D eigenvalue weighted by molar-refractivity contribution is -0.121. The van der Waals surface area contributed by atoms with Crippen LogP contribution in [0, 0.1) is 5.82 Å². The molecule has 1 fully saturated rings. The fourth-order valence-electron chi connectivity index (χ4n) is 2.32. The van der Waals surface area contributed by atoms with Gasteiger partial charge in [-0.25, -0.2) is 4.39 Å². The van der Waals surface area contributed by atoms with Crippen molar-refractivity contribution in [2.24, 2.45) is 0 Å². The van der Waals surface area contributed by atoms with Crippen molar-refractivity contribution in [2.45, 2.75) is 38.0 Å². The minimum Gasteiger partial charge on any atom is -0.390 e. The van der Waals surface area contributed by atoms with E-state index in [1.165, 1.54) is 6.07 Å². The summed E-state index contributed by atoms with van der Waals surface area (Å²) >= 11 is 5.66. The van der Waals surface area contributed by atoms with Crippen LogP contribution in [0.5, 0.6) is 0 Å². The zero-order valence-electron chi connectivity index (χ0n) is 11.2. The van der Waals surface area contributed by atoms with Crippen LogP contribution in [0.4, 0.5) is 4.39 Å². The van der Waals surface area contributed by atoms with Crippen LogP contribution in [-0.2, 0) is 11.3 Å². The van der Waals surface area contributed by atoms with E-state index in [-0.39, 0.29) is 30.1 Å². The Hall–Kier alpha value is -1.17. The molecular formula is C14H18ClFN2O2. The van der Waals surface area contributed by atoms with Crippen molar-refractivity contribution in [1.29, 1.82) is 0 Å². The SMILES string of the molecule is C[C@]1(O)C[C@H](NCC(=O)NCc2cccc(Cl)c2F)C1. The van der Waals surface area contributed by atoms with Gasteiger partial charge in [0.2, 0.25) is 5.91 Å². The molecule has 0 spiro atoms. The van der Waals surface area contributed by atoms with E-state index >= 15 is 0 Å². The Bertz CT molecular complexity index is 500. The molecule has 0 atom stereocenters. The van der Waals surface area contributed by atoms with Crippen LogP contribution < -0.4 is 10.6 Å². The summed E-state index contributed by atoms with van der Waals surface area (Å²) in [6.07, 6.45) is 1.28. The average Bonchev–Trinajstić information content (AvgIpc) is 2.35. The van der Waals surface area contributed by atoms with Gasteiger partial charge in [-0.15, -0.1) is 0 Å². The molecule has 20 heavy (non-hydrogen) atoms. The summed E-state index contributed by atoms with van der Waals surface area (Å²) in [5.74, 6) is -0.714. The van der Waals surface area contributed by atoms with Gasteiger partial charge < -0.3 is 15.7 Å². The first-order chi connectivity index (χ1) is 9.37. The smallest absolute Gasteiger partial charge is 0.234 e. The van der Waals surface area contributed by atoms with Gasteiger partial charge in [0.05, 0.1) is 17.2 Å². The molecule has 1 saturated carbocycles. The van der Waals surface area contributed by atoms with E-state index < -0.39 is 11.4 Å². The second-order valence-electron chi connectivity index (χ2n) is 5.47. The Morgan fingerprint density at radius 2 is 2.25 bits per heavy atom. The Morgan fingerprint density at radius 1 is 1.55 bits per heavy atom. The maximum atomic E-state index is 13.6. The molecular weight excluding hydrogens is 283 g/mol. The van der Waals surface area contributed by atoms with Gasteiger partial charge in [0.15, 0.2) is 0 Å². The molecule has 1 aromatic rings. The number of carbonyl (C=O) groups is 1. The monoisotopic (exact) mass is 300 g/mol. The summed E-state index contributed by atoms with van der Waals surface area (Å²) in [6, 6.07) is 4.85. The van der Waals surface area contributed by atoms with E-state index in [0.29, 0.717) is 18.4 Å². The van der Waals surface area contributed by atoms with Crippen molar-refractivity contribution in [1.82, 2.24) is 10.6 Å². The third-order valence-corrected chi connectivity index (χ3v) is 3.72. The van der Waals surface area contributed by atoms with E-state index in [2.05, 4.69) is 10.6 Å². The fourth-order valence-corrected chi connectivity index (χ4v) is 2.52. The lowest BCUT2D eigenvalue weighted by Crippen LogP contribution is -2.53. The summed E-state index contributed by atoms with van der Waals surface area (Å²) in [7, 11) is 0. The van der Waals surface area contributed by atoms with E-state index in [9.17, 15) is 14.3 Å². The van der Waals surface area contributed by atoms with E-state index in [4.69, 9.17) is 11.6 Å². The molecule has 4 nitrogen and oxygen atoms in total. The van der Waals surface area contributed by atoms with Crippen molar-refractivity contribution in [3.05, 3.63) is 34.6 Å². The fraction of sp³-hybridized carbons (Fsp3) is 0.500. The number of nitrogens with one attached hydrogen (secondary N) is 2. The standard InChI is InChI=1S/C14H18ClFN2O2/c1-14(20)5-10(6-14)17-8-12(19)18-7-9-3-2-4-11(15)13(9)16/h2-4,10,17,20H,5-8H2,1H3,(H,18,19)/t10-,14-. The Labute approximate surface area is 122 Å². The number of rotatable bonds is 5. The maximum absolute atomic E-state index is 13.6. The molecule has 0 bridgehead atoms. The third kappa shape index (κ3) is 3.91. The number of amides is 1. The number of aliphatic hydroxyl groups is 1. The van der Waals surface area contributed by atoms with Crippen molar-refractivity contribution in [2.75, 3.05) is 6.54 Å². The molecule has 0 heterocycles. The molecule has 0 aromatic heterocycles. The zero-order chi connectivity index (χ0) is 14.8. The van der Waals surface area contributed by atoms with Crippen LogP contribution >= 0.6 is 11.6 Å². The van der Waals surface area contributed by atoms with Gasteiger partial charge in [0, 0.05) is 18.2 Å². The first-order valence-corrected chi connectivity index (χ1v) is 6.90. The third-order valence-electron chi connectivity index (χ3n) is 3.43. The number of hydrogen-bond acceptors (Lipinski definition) is 3. The van der Waals surface area contributed by atoms with Crippen LogP contribution in [0.25, 0.3) is 0 Å². The van der Waals surface area contributed by atoms with Crippen molar-refractivity contribution >= 4 is 17.5 Å². The molecule has 1 aliphatic carbocycles. The highest BCUT2D eigenvalue weighted by Gasteiger charge is 2.37. The summed E-state index contributed by atoms with van der Waals surface area (Å²) in [6.45, 7) is 2.03. The lowest BCUT2D eigenvalue weighted by atomic mass is 9.77. The molecule has 1 aromatic carbocycles. The van der Waals surface area contributed by atoms with Gasteiger partial charge in [-0.3, -0.25) is 4.79 Å². The highest BCUT2D eigenvalue weighted by Crippen LogP contribution is 2.31. The van der Waals surface area contributed by atoms with Gasteiger partial charge in [-0.1, -0.05) is 23.7 Å². The van der Waals surface area contributed by atoms with Crippen LogP contribution in [0.3, 0.4) is 0 Å². The van der Waals surface area contributed by atoms with Gasteiger partial charge in [-0.2, -0.15) is 0 Å². The molecule has 0 aliphatic heterocycles. The van der Waals surface area contributed by atoms with Gasteiger partial charge in [-0.05, 0) is 25.8 Å². The molecule has 6 heteroatoms. The summed E-state index contributed by atoms with van der Waals surface area (Å²) in [4.78, 5) is 11.6. The van der Waals surface area contributed by atoms with Gasteiger partial charge in [0.25, 0.3) is 0 Å². The first kappa shape index (κ1) is 15.2. The second-order valence-corrected chi connectivity index (χ2v) is 5.88. The Balaban J connectivity index is 1.71. The Kier molecular flexibility index (Phi) is 4.62. The van der Waals surface area contributed by atoms with Crippen LogP contribution in [0.1, 0.15) is 25.3 Å². The minimum atomic E-state index is -0.613. The van der Waals surface area contributed by atoms with E-state index in [1.54, 1.807) is 19.1 Å². The first-order valence-electron chi connectivity index (χ1n) is 6.53. The number of hydrogen-bond donors (Lipinski definition) is 3. The molecule has 0 radical (unpaired) electrons. The topological polar surface area (TPSA) is 61.4 Å². The number of carbonyl (C=O) groups excluding carboxylic acids is 1. The largest absolute Gasteiger partial charge is 0.390 e. The van der Waals surface area contributed by atoms with Crippen LogP contribution in [-0.4, -0.2) is 29.2 Å². The lowest BCUT2D eigenvalue weighted by Gasteiger charge is -2.41.